The van der Waals surface area contributed by atoms with Crippen LogP contribution in [0.3, 0.4) is 0 Å². The summed E-state index contributed by atoms with van der Waals surface area (Å²) < 4.78 is 28.9. The summed E-state index contributed by atoms with van der Waals surface area (Å²) in [6, 6.07) is 6.29. The number of halogens is 1. The van der Waals surface area contributed by atoms with Crippen LogP contribution in [-0.2, 0) is 23.6 Å². The van der Waals surface area contributed by atoms with Crippen molar-refractivity contribution >= 4 is 43.9 Å². The van der Waals surface area contributed by atoms with E-state index in [1.807, 2.05) is 0 Å². The van der Waals surface area contributed by atoms with Crippen molar-refractivity contribution in [3.8, 4) is 0 Å². The van der Waals surface area contributed by atoms with E-state index in [2.05, 4.69) is 10.1 Å². The number of benzene rings is 1. The lowest BCUT2D eigenvalue weighted by Crippen LogP contribution is -2.14. The highest BCUT2D eigenvalue weighted by Crippen LogP contribution is 2.21. The Morgan fingerprint density at radius 1 is 1.42 bits per heavy atom. The molecule has 126 valence electrons. The van der Waals surface area contributed by atoms with E-state index in [9.17, 15) is 13.2 Å². The lowest BCUT2D eigenvalue weighted by Gasteiger charge is -2.02. The van der Waals surface area contributed by atoms with Gasteiger partial charge in [-0.2, -0.15) is 0 Å². The van der Waals surface area contributed by atoms with Gasteiger partial charge in [0.1, 0.15) is 5.58 Å². The van der Waals surface area contributed by atoms with Gasteiger partial charge in [0.15, 0.2) is 0 Å². The van der Waals surface area contributed by atoms with Gasteiger partial charge in [0.25, 0.3) is 10.0 Å². The number of hydrogen-bond donors (Lipinski definition) is 1. The predicted octanol–water partition coefficient (Wildman–Crippen LogP) is 0.990. The fourth-order valence-electron chi connectivity index (χ4n) is 2.07. The second-order valence-electron chi connectivity index (χ2n) is 4.87. The second kappa shape index (κ2) is 6.13. The lowest BCUT2D eigenvalue weighted by atomic mass is 10.1. The van der Waals surface area contributed by atoms with E-state index in [1.165, 1.54) is 10.7 Å². The van der Waals surface area contributed by atoms with Crippen molar-refractivity contribution in [3.05, 3.63) is 50.1 Å². The first-order valence-electron chi connectivity index (χ1n) is 6.54. The smallest absolute Gasteiger partial charge is 0.336 e. The molecule has 0 aliphatic carbocycles. The molecule has 0 aliphatic rings. The molecule has 0 spiro atoms. The molecule has 0 radical (unpaired) electrons. The number of primary sulfonamides is 1. The van der Waals surface area contributed by atoms with Crippen molar-refractivity contribution in [1.29, 1.82) is 0 Å². The van der Waals surface area contributed by atoms with Gasteiger partial charge in [-0.1, -0.05) is 22.9 Å². The first kappa shape index (κ1) is 16.8. The predicted molar refractivity (Wildman–Crippen MR) is 89.2 cm³/mol. The Morgan fingerprint density at radius 2 is 2.17 bits per heavy atom. The van der Waals surface area contributed by atoms with Gasteiger partial charge in [0, 0.05) is 29.6 Å². The van der Waals surface area contributed by atoms with Crippen LogP contribution in [0.25, 0.3) is 11.0 Å². The highest BCUT2D eigenvalue weighted by molar-refractivity contribution is 7.91. The summed E-state index contributed by atoms with van der Waals surface area (Å²) in [4.78, 5) is 16.3. The Labute approximate surface area is 144 Å². The molecule has 0 saturated carbocycles. The number of rotatable bonds is 3. The van der Waals surface area contributed by atoms with E-state index in [0.717, 1.165) is 11.3 Å². The van der Waals surface area contributed by atoms with Crippen LogP contribution < -0.4 is 15.6 Å². The third kappa shape index (κ3) is 3.41. The van der Waals surface area contributed by atoms with Crippen LogP contribution >= 0.6 is 22.9 Å². The first-order valence-corrected chi connectivity index (χ1v) is 9.28. The Kier molecular flexibility index (Phi) is 4.30. The van der Waals surface area contributed by atoms with Crippen molar-refractivity contribution in [3.63, 3.8) is 0 Å². The number of nitrogens with two attached hydrogens (primary N) is 1. The zero-order valence-corrected chi connectivity index (χ0v) is 14.7. The largest absolute Gasteiger partial charge is 0.423 e. The van der Waals surface area contributed by atoms with Gasteiger partial charge < -0.3 is 4.42 Å². The normalized spacial score (nSPS) is 12.9. The Morgan fingerprint density at radius 3 is 2.83 bits per heavy atom. The molecule has 2 aromatic heterocycles. The molecule has 3 aromatic rings. The van der Waals surface area contributed by atoms with E-state index >= 15 is 0 Å². The van der Waals surface area contributed by atoms with Gasteiger partial charge >= 0.3 is 5.63 Å². The molecule has 0 amide bonds. The summed E-state index contributed by atoms with van der Waals surface area (Å²) in [5, 5.41) is 10.0. The second-order valence-corrected chi connectivity index (χ2v) is 7.99. The molecule has 1 aromatic carbocycles. The van der Waals surface area contributed by atoms with Gasteiger partial charge in [-0.3, -0.25) is 4.99 Å². The molecule has 0 unspecified atom stereocenters. The molecular weight excluding hydrogens is 376 g/mol. The van der Waals surface area contributed by atoms with Crippen LogP contribution in [0.1, 0.15) is 5.56 Å². The average molecular weight is 387 g/mol. The van der Waals surface area contributed by atoms with Crippen molar-refractivity contribution < 1.29 is 12.8 Å². The monoisotopic (exact) mass is 386 g/mol. The molecule has 2 heterocycles. The van der Waals surface area contributed by atoms with Crippen molar-refractivity contribution in [1.82, 2.24) is 9.78 Å². The summed E-state index contributed by atoms with van der Waals surface area (Å²) in [5.74, 6) is 0. The summed E-state index contributed by atoms with van der Waals surface area (Å²) in [5.41, 5.74) is 0.469. The van der Waals surface area contributed by atoms with Crippen molar-refractivity contribution in [2.75, 3.05) is 0 Å². The molecule has 11 heteroatoms. The molecule has 2 N–H and O–H groups in total. The van der Waals surface area contributed by atoms with Gasteiger partial charge in [-0.15, -0.1) is 5.10 Å². The third-order valence-corrected chi connectivity index (χ3v) is 5.69. The van der Waals surface area contributed by atoms with Crippen LogP contribution in [-0.4, -0.2) is 18.2 Å². The Balaban J connectivity index is 2.08. The van der Waals surface area contributed by atoms with Crippen LogP contribution in [0.5, 0.6) is 0 Å². The molecule has 0 aliphatic heterocycles. The van der Waals surface area contributed by atoms with Crippen molar-refractivity contribution in [2.24, 2.45) is 17.2 Å². The van der Waals surface area contributed by atoms with Crippen molar-refractivity contribution in [2.45, 2.75) is 10.9 Å². The number of fused-ring (bicyclic) bond motifs is 1. The van der Waals surface area contributed by atoms with Crippen LogP contribution in [0, 0.1) is 0 Å². The van der Waals surface area contributed by atoms with Gasteiger partial charge in [0.2, 0.25) is 9.14 Å². The average Bonchev–Trinajstić information content (AvgIpc) is 2.85. The van der Waals surface area contributed by atoms with Crippen LogP contribution in [0.4, 0.5) is 0 Å². The van der Waals surface area contributed by atoms with E-state index in [4.69, 9.17) is 21.2 Å². The highest BCUT2D eigenvalue weighted by Gasteiger charge is 2.14. The number of aryl methyl sites for hydroxylation is 1. The third-order valence-electron chi connectivity index (χ3n) is 3.11. The van der Waals surface area contributed by atoms with Crippen LogP contribution in [0.15, 0.2) is 42.8 Å². The topological polar surface area (TPSA) is 121 Å². The minimum atomic E-state index is -3.89. The maximum Gasteiger partial charge on any atom is 0.336 e. The molecule has 0 saturated heterocycles. The first-order chi connectivity index (χ1) is 11.2. The van der Waals surface area contributed by atoms with E-state index in [-0.39, 0.29) is 10.9 Å². The number of aromatic nitrogens is 2. The molecule has 24 heavy (non-hydrogen) atoms. The van der Waals surface area contributed by atoms with E-state index in [0.29, 0.717) is 26.4 Å². The Bertz CT molecular complexity index is 1160. The fourth-order valence-corrected chi connectivity index (χ4v) is 3.77. The Hall–Kier alpha value is -2.01. The number of nitrogens with zero attached hydrogens (tertiary/aromatic N) is 3. The maximum absolute atomic E-state index is 11.7. The van der Waals surface area contributed by atoms with Gasteiger partial charge in [-0.25, -0.2) is 23.0 Å². The maximum atomic E-state index is 11.7. The number of sulfonamides is 1. The van der Waals surface area contributed by atoms with Gasteiger partial charge in [0.05, 0.1) is 6.54 Å². The quantitative estimate of drug-likeness (QED) is 0.673. The highest BCUT2D eigenvalue weighted by atomic mass is 35.5. The zero-order valence-electron chi connectivity index (χ0n) is 12.3. The minimum Gasteiger partial charge on any atom is -0.423 e. The summed E-state index contributed by atoms with van der Waals surface area (Å²) in [6.07, 6.45) is 0. The lowest BCUT2D eigenvalue weighted by molar-refractivity contribution is 0.558. The molecular formula is C13H11ClN4O4S2. The minimum absolute atomic E-state index is 0.143. The van der Waals surface area contributed by atoms with E-state index < -0.39 is 15.6 Å². The molecule has 3 rings (SSSR count). The molecule has 0 atom stereocenters. The summed E-state index contributed by atoms with van der Waals surface area (Å²) in [6.45, 7) is 0.143. The van der Waals surface area contributed by atoms with E-state index in [1.54, 1.807) is 25.2 Å². The standard InChI is InChI=1S/C13H11ClN4O4S2/c1-18-12(23-13(17-18)24(15,20)21)16-6-7-4-11(19)22-10-5-8(14)2-3-9(7)10/h2-5H,6H2,1H3,(H2,15,20,21). The van der Waals surface area contributed by atoms with Crippen LogP contribution in [0.2, 0.25) is 5.02 Å². The number of hydrogen-bond acceptors (Lipinski definition) is 7. The molecule has 8 nitrogen and oxygen atoms in total. The fraction of sp³-hybridized carbons (Fsp3) is 0.154. The molecule has 0 bridgehead atoms. The zero-order chi connectivity index (χ0) is 17.5. The summed E-state index contributed by atoms with van der Waals surface area (Å²) in [7, 11) is -2.33. The molecule has 0 fully saturated rings. The SMILES string of the molecule is Cn1nc(S(N)(=O)=O)sc1=NCc1cc(=O)oc2cc(Cl)ccc12. The van der Waals surface area contributed by atoms with Gasteiger partial charge in [-0.05, 0) is 17.7 Å². The summed E-state index contributed by atoms with van der Waals surface area (Å²) >= 11 is 6.75.